The largest absolute Gasteiger partial charge is 0.469 e. The molecule has 0 aromatic carbocycles. The van der Waals surface area contributed by atoms with Crippen LogP contribution in [0, 0.1) is 11.3 Å². The molecule has 1 aliphatic carbocycles. The summed E-state index contributed by atoms with van der Waals surface area (Å²) in [6, 6.07) is 0.312. The predicted molar refractivity (Wildman–Crippen MR) is 66.0 cm³/mol. The molecule has 0 spiro atoms. The van der Waals surface area contributed by atoms with Crippen molar-refractivity contribution >= 4 is 11.8 Å². The number of Topliss-reactive ketones (excluding diaryl/α,β-unsaturated/α-hetero) is 1. The summed E-state index contributed by atoms with van der Waals surface area (Å²) in [7, 11) is 1.46. The van der Waals surface area contributed by atoms with E-state index in [1.165, 1.54) is 7.11 Å². The Hall–Kier alpha value is -0.900. The van der Waals surface area contributed by atoms with Gasteiger partial charge in [-0.2, -0.15) is 0 Å². The summed E-state index contributed by atoms with van der Waals surface area (Å²) in [6.07, 6.45) is 5.24. The average Bonchev–Trinajstić information content (AvgIpc) is 2.81. The SMILES string of the molecule is COC(=O)C[C@@]12CCCN3CC[C@H](C(=O)CC1)[C@H]32. The number of esters is 1. The van der Waals surface area contributed by atoms with Crippen LogP contribution in [0.15, 0.2) is 0 Å². The van der Waals surface area contributed by atoms with Crippen molar-refractivity contribution in [3.8, 4) is 0 Å². The highest BCUT2D eigenvalue weighted by atomic mass is 16.5. The molecule has 100 valence electrons. The van der Waals surface area contributed by atoms with Gasteiger partial charge in [-0.3, -0.25) is 14.5 Å². The summed E-state index contributed by atoms with van der Waals surface area (Å²) in [4.78, 5) is 26.2. The molecule has 3 aliphatic rings. The molecule has 0 aromatic heterocycles. The first-order valence-corrected chi connectivity index (χ1v) is 7.00. The monoisotopic (exact) mass is 251 g/mol. The van der Waals surface area contributed by atoms with Crippen LogP contribution in [-0.2, 0) is 14.3 Å². The highest BCUT2D eigenvalue weighted by molar-refractivity contribution is 5.84. The van der Waals surface area contributed by atoms with Crippen molar-refractivity contribution in [2.45, 2.75) is 44.6 Å². The molecule has 0 N–H and O–H groups in total. The number of nitrogens with zero attached hydrogens (tertiary/aromatic N) is 1. The van der Waals surface area contributed by atoms with E-state index in [2.05, 4.69) is 4.90 Å². The fourth-order valence-corrected chi connectivity index (χ4v) is 4.51. The molecule has 3 fully saturated rings. The van der Waals surface area contributed by atoms with Crippen molar-refractivity contribution in [1.82, 2.24) is 4.90 Å². The lowest BCUT2D eigenvalue weighted by Gasteiger charge is -2.51. The number of ketones is 1. The summed E-state index contributed by atoms with van der Waals surface area (Å²) in [6.45, 7) is 2.13. The Morgan fingerprint density at radius 2 is 2.28 bits per heavy atom. The minimum atomic E-state index is -0.114. The van der Waals surface area contributed by atoms with E-state index in [0.717, 1.165) is 38.8 Å². The van der Waals surface area contributed by atoms with E-state index in [0.29, 0.717) is 24.7 Å². The molecule has 0 unspecified atom stereocenters. The lowest BCUT2D eigenvalue weighted by molar-refractivity contribution is -0.150. The molecular weight excluding hydrogens is 230 g/mol. The van der Waals surface area contributed by atoms with E-state index in [9.17, 15) is 9.59 Å². The Kier molecular flexibility index (Phi) is 2.93. The lowest BCUT2D eigenvalue weighted by Crippen LogP contribution is -2.56. The second-order valence-electron chi connectivity index (χ2n) is 6.06. The van der Waals surface area contributed by atoms with E-state index < -0.39 is 0 Å². The lowest BCUT2D eigenvalue weighted by atomic mass is 9.60. The molecule has 0 aromatic rings. The molecule has 4 nitrogen and oxygen atoms in total. The third kappa shape index (κ3) is 1.69. The zero-order valence-electron chi connectivity index (χ0n) is 11.0. The van der Waals surface area contributed by atoms with Crippen molar-refractivity contribution in [3.63, 3.8) is 0 Å². The molecule has 1 saturated carbocycles. The highest BCUT2D eigenvalue weighted by Crippen LogP contribution is 2.52. The Bertz CT molecular complexity index is 381. The van der Waals surface area contributed by atoms with Gasteiger partial charge >= 0.3 is 5.97 Å². The molecule has 2 saturated heterocycles. The standard InChI is InChI=1S/C14H21NO3/c1-18-12(17)9-14-5-2-7-15-8-4-10(13(14)15)11(16)3-6-14/h10,13H,2-9H2,1H3/t10-,13+,14-/m1/s1. The summed E-state index contributed by atoms with van der Waals surface area (Å²) in [5.74, 6) is 0.491. The zero-order chi connectivity index (χ0) is 12.8. The van der Waals surface area contributed by atoms with E-state index in [4.69, 9.17) is 4.74 Å². The number of ether oxygens (including phenoxy) is 1. The molecule has 3 atom stereocenters. The maximum atomic E-state index is 12.1. The number of carbonyl (C=O) groups is 2. The summed E-state index contributed by atoms with van der Waals surface area (Å²) < 4.78 is 4.87. The minimum Gasteiger partial charge on any atom is -0.469 e. The van der Waals surface area contributed by atoms with E-state index >= 15 is 0 Å². The molecule has 2 heterocycles. The van der Waals surface area contributed by atoms with Crippen molar-refractivity contribution < 1.29 is 14.3 Å². The Morgan fingerprint density at radius 3 is 3.06 bits per heavy atom. The van der Waals surface area contributed by atoms with Crippen molar-refractivity contribution in [2.75, 3.05) is 20.2 Å². The number of methoxy groups -OCH3 is 1. The van der Waals surface area contributed by atoms with E-state index in [1.807, 2.05) is 0 Å². The molecule has 2 aliphatic heterocycles. The normalized spacial score (nSPS) is 39.5. The fourth-order valence-electron chi connectivity index (χ4n) is 4.51. The topological polar surface area (TPSA) is 46.6 Å². The molecule has 18 heavy (non-hydrogen) atoms. The smallest absolute Gasteiger partial charge is 0.306 e. The van der Waals surface area contributed by atoms with Gasteiger partial charge < -0.3 is 4.74 Å². The van der Waals surface area contributed by atoms with E-state index in [-0.39, 0.29) is 17.3 Å². The Balaban J connectivity index is 1.90. The van der Waals surface area contributed by atoms with Crippen LogP contribution in [0.1, 0.15) is 38.5 Å². The molecule has 0 amide bonds. The molecule has 4 heteroatoms. The molecule has 0 bridgehead atoms. The van der Waals surface area contributed by atoms with Gasteiger partial charge in [-0.1, -0.05) is 0 Å². The Morgan fingerprint density at radius 1 is 1.44 bits per heavy atom. The van der Waals surface area contributed by atoms with Crippen LogP contribution in [-0.4, -0.2) is 42.9 Å². The maximum absolute atomic E-state index is 12.1. The van der Waals surface area contributed by atoms with Gasteiger partial charge in [0, 0.05) is 18.4 Å². The van der Waals surface area contributed by atoms with Gasteiger partial charge in [0.2, 0.25) is 0 Å². The summed E-state index contributed by atoms with van der Waals surface area (Å²) >= 11 is 0. The second kappa shape index (κ2) is 4.34. The number of hydrogen-bond acceptors (Lipinski definition) is 4. The summed E-state index contributed by atoms with van der Waals surface area (Å²) in [5.41, 5.74) is 0.0143. The van der Waals surface area contributed by atoms with Gasteiger partial charge in [-0.25, -0.2) is 0 Å². The molecule has 0 radical (unpaired) electrons. The average molecular weight is 251 g/mol. The van der Waals surface area contributed by atoms with E-state index in [1.54, 1.807) is 0 Å². The molecular formula is C14H21NO3. The van der Waals surface area contributed by atoms with Gasteiger partial charge in [0.1, 0.15) is 5.78 Å². The minimum absolute atomic E-state index is 0.0143. The van der Waals surface area contributed by atoms with Gasteiger partial charge in [0.15, 0.2) is 0 Å². The fraction of sp³-hybridized carbons (Fsp3) is 0.857. The van der Waals surface area contributed by atoms with Crippen molar-refractivity contribution in [2.24, 2.45) is 11.3 Å². The van der Waals surface area contributed by atoms with Crippen LogP contribution in [0.25, 0.3) is 0 Å². The first-order valence-electron chi connectivity index (χ1n) is 7.00. The number of rotatable bonds is 2. The maximum Gasteiger partial charge on any atom is 0.306 e. The van der Waals surface area contributed by atoms with Crippen LogP contribution in [0.4, 0.5) is 0 Å². The highest BCUT2D eigenvalue weighted by Gasteiger charge is 2.56. The van der Waals surface area contributed by atoms with Crippen LogP contribution >= 0.6 is 0 Å². The number of carbonyl (C=O) groups excluding carboxylic acids is 2. The van der Waals surface area contributed by atoms with Crippen molar-refractivity contribution in [1.29, 1.82) is 0 Å². The van der Waals surface area contributed by atoms with Gasteiger partial charge in [0.25, 0.3) is 0 Å². The van der Waals surface area contributed by atoms with Crippen LogP contribution in [0.5, 0.6) is 0 Å². The second-order valence-corrected chi connectivity index (χ2v) is 6.06. The van der Waals surface area contributed by atoms with Crippen LogP contribution < -0.4 is 0 Å². The predicted octanol–water partition coefficient (Wildman–Crippen LogP) is 1.38. The third-order valence-electron chi connectivity index (χ3n) is 5.26. The van der Waals surface area contributed by atoms with Gasteiger partial charge in [-0.15, -0.1) is 0 Å². The summed E-state index contributed by atoms with van der Waals surface area (Å²) in [5, 5.41) is 0. The first-order chi connectivity index (χ1) is 8.66. The molecule has 3 rings (SSSR count). The van der Waals surface area contributed by atoms with Crippen LogP contribution in [0.3, 0.4) is 0 Å². The zero-order valence-corrected chi connectivity index (χ0v) is 11.0. The quantitative estimate of drug-likeness (QED) is 0.696. The first kappa shape index (κ1) is 12.2. The number of hydrogen-bond donors (Lipinski definition) is 0. The number of piperidine rings is 1. The van der Waals surface area contributed by atoms with Crippen LogP contribution in [0.2, 0.25) is 0 Å². The third-order valence-corrected chi connectivity index (χ3v) is 5.26. The van der Waals surface area contributed by atoms with Crippen molar-refractivity contribution in [3.05, 3.63) is 0 Å². The Labute approximate surface area is 108 Å². The van der Waals surface area contributed by atoms with Gasteiger partial charge in [0.05, 0.1) is 13.5 Å². The van der Waals surface area contributed by atoms with Gasteiger partial charge in [-0.05, 0) is 44.2 Å².